The molecule has 0 radical (unpaired) electrons. The van der Waals surface area contributed by atoms with Crippen molar-refractivity contribution >= 4 is 5.97 Å². The van der Waals surface area contributed by atoms with E-state index in [1.54, 1.807) is 18.6 Å². The van der Waals surface area contributed by atoms with Gasteiger partial charge in [-0.05, 0) is 19.8 Å². The van der Waals surface area contributed by atoms with Crippen LogP contribution in [0.4, 0.5) is 0 Å². The van der Waals surface area contributed by atoms with Gasteiger partial charge < -0.3 is 9.84 Å². The average Bonchev–Trinajstić information content (AvgIpc) is 2.46. The van der Waals surface area contributed by atoms with Crippen LogP contribution in [0.1, 0.15) is 31.5 Å². The molecule has 0 aromatic carbocycles. The third-order valence-electron chi connectivity index (χ3n) is 3.48. The second-order valence-electron chi connectivity index (χ2n) is 4.75. The summed E-state index contributed by atoms with van der Waals surface area (Å²) in [5.41, 5.74) is 0.965. The minimum atomic E-state index is -0.907. The molecule has 1 saturated heterocycles. The zero-order valence-corrected chi connectivity index (χ0v) is 11.0. The third kappa shape index (κ3) is 3.97. The van der Waals surface area contributed by atoms with Crippen LogP contribution >= 0.6 is 0 Å². The van der Waals surface area contributed by atoms with Crippen LogP contribution in [0.3, 0.4) is 0 Å². The molecule has 0 amide bonds. The molecule has 1 N–H and O–H groups in total. The van der Waals surface area contributed by atoms with E-state index in [2.05, 4.69) is 21.8 Å². The maximum atomic E-state index is 10.4. The van der Waals surface area contributed by atoms with Crippen molar-refractivity contribution in [3.05, 3.63) is 24.3 Å². The Morgan fingerprint density at radius 2 is 2.26 bits per heavy atom. The number of rotatable bonds is 5. The van der Waals surface area contributed by atoms with E-state index in [1.807, 2.05) is 0 Å². The lowest BCUT2D eigenvalue weighted by molar-refractivity contribution is -0.145. The van der Waals surface area contributed by atoms with E-state index < -0.39 is 5.97 Å². The van der Waals surface area contributed by atoms with Crippen LogP contribution in [0.15, 0.2) is 18.6 Å². The lowest BCUT2D eigenvalue weighted by Gasteiger charge is -2.35. The summed E-state index contributed by atoms with van der Waals surface area (Å²) in [6.07, 6.45) is 6.94. The fourth-order valence-electron chi connectivity index (χ4n) is 2.33. The van der Waals surface area contributed by atoms with Crippen LogP contribution in [0.25, 0.3) is 0 Å². The van der Waals surface area contributed by atoms with Crippen LogP contribution in [0.2, 0.25) is 0 Å². The van der Waals surface area contributed by atoms with Crippen LogP contribution < -0.4 is 0 Å². The van der Waals surface area contributed by atoms with Crippen molar-refractivity contribution in [3.8, 4) is 0 Å². The fraction of sp³-hybridized carbons (Fsp3) is 0.615. The molecule has 1 aliphatic heterocycles. The summed E-state index contributed by atoms with van der Waals surface area (Å²) in [7, 11) is 0. The van der Waals surface area contributed by atoms with Gasteiger partial charge in [0, 0.05) is 31.7 Å². The number of nitrogens with zero attached hydrogens (tertiary/aromatic N) is 3. The SMILES string of the molecule is CC(c1cnccn1)N1CCC(OCC(=O)O)CC1. The van der Waals surface area contributed by atoms with Gasteiger partial charge in [0.25, 0.3) is 0 Å². The van der Waals surface area contributed by atoms with E-state index in [1.165, 1.54) is 0 Å². The maximum absolute atomic E-state index is 10.4. The number of aromatic nitrogens is 2. The van der Waals surface area contributed by atoms with Crippen molar-refractivity contribution in [1.29, 1.82) is 0 Å². The monoisotopic (exact) mass is 265 g/mol. The minimum absolute atomic E-state index is 0.0569. The van der Waals surface area contributed by atoms with Crippen LogP contribution in [0, 0.1) is 0 Å². The minimum Gasteiger partial charge on any atom is -0.480 e. The molecule has 0 bridgehead atoms. The summed E-state index contributed by atoms with van der Waals surface area (Å²) >= 11 is 0. The van der Waals surface area contributed by atoms with E-state index in [4.69, 9.17) is 9.84 Å². The number of hydrogen-bond acceptors (Lipinski definition) is 5. The molecule has 0 aliphatic carbocycles. The van der Waals surface area contributed by atoms with Crippen molar-refractivity contribution in [2.75, 3.05) is 19.7 Å². The highest BCUT2D eigenvalue weighted by atomic mass is 16.5. The first kappa shape index (κ1) is 13.9. The summed E-state index contributed by atoms with van der Waals surface area (Å²) in [5, 5.41) is 8.58. The van der Waals surface area contributed by atoms with E-state index >= 15 is 0 Å². The second-order valence-corrected chi connectivity index (χ2v) is 4.75. The predicted octanol–water partition coefficient (Wildman–Crippen LogP) is 1.10. The molecule has 0 spiro atoms. The molecule has 6 heteroatoms. The number of piperidine rings is 1. The number of carbonyl (C=O) groups is 1. The van der Waals surface area contributed by atoms with Crippen molar-refractivity contribution in [3.63, 3.8) is 0 Å². The lowest BCUT2D eigenvalue weighted by Crippen LogP contribution is -2.39. The molecule has 2 heterocycles. The van der Waals surface area contributed by atoms with Gasteiger partial charge in [0.05, 0.1) is 17.8 Å². The number of likely N-dealkylation sites (tertiary alicyclic amines) is 1. The molecule has 19 heavy (non-hydrogen) atoms. The molecule has 1 unspecified atom stereocenters. The molecule has 2 rings (SSSR count). The molecule has 104 valence electrons. The standard InChI is InChI=1S/C13H19N3O3/c1-10(12-8-14-4-5-15-12)16-6-2-11(3-7-16)19-9-13(17)18/h4-5,8,10-11H,2-3,6-7,9H2,1H3,(H,17,18). The Bertz CT molecular complexity index is 405. The zero-order chi connectivity index (χ0) is 13.7. The van der Waals surface area contributed by atoms with Crippen LogP contribution in [0.5, 0.6) is 0 Å². The average molecular weight is 265 g/mol. The summed E-state index contributed by atoms with van der Waals surface area (Å²) in [5.74, 6) is -0.907. The largest absolute Gasteiger partial charge is 0.480 e. The van der Waals surface area contributed by atoms with Crippen molar-refractivity contribution in [1.82, 2.24) is 14.9 Å². The van der Waals surface area contributed by atoms with E-state index in [0.717, 1.165) is 31.6 Å². The Labute approximate surface area is 112 Å². The number of carboxylic acids is 1. The first-order valence-electron chi connectivity index (χ1n) is 6.50. The summed E-state index contributed by atoms with van der Waals surface area (Å²) in [6, 6.07) is 0.231. The van der Waals surface area contributed by atoms with Crippen molar-refractivity contribution in [2.45, 2.75) is 31.9 Å². The summed E-state index contributed by atoms with van der Waals surface area (Å²) in [4.78, 5) is 21.2. The third-order valence-corrected chi connectivity index (χ3v) is 3.48. The van der Waals surface area contributed by atoms with E-state index in [-0.39, 0.29) is 18.8 Å². The van der Waals surface area contributed by atoms with Gasteiger partial charge in [-0.25, -0.2) is 4.79 Å². The van der Waals surface area contributed by atoms with E-state index in [9.17, 15) is 4.79 Å². The first-order chi connectivity index (χ1) is 9.16. The number of ether oxygens (including phenoxy) is 1. The van der Waals surface area contributed by atoms with Gasteiger partial charge in [-0.15, -0.1) is 0 Å². The van der Waals surface area contributed by atoms with Crippen LogP contribution in [-0.2, 0) is 9.53 Å². The fourth-order valence-corrected chi connectivity index (χ4v) is 2.33. The van der Waals surface area contributed by atoms with Crippen molar-refractivity contribution in [2.24, 2.45) is 0 Å². The van der Waals surface area contributed by atoms with Gasteiger partial charge in [-0.1, -0.05) is 0 Å². The smallest absolute Gasteiger partial charge is 0.329 e. The molecule has 6 nitrogen and oxygen atoms in total. The highest BCUT2D eigenvalue weighted by molar-refractivity contribution is 5.68. The molecule has 1 atom stereocenters. The number of hydrogen-bond donors (Lipinski definition) is 1. The quantitative estimate of drug-likeness (QED) is 0.859. The Balaban J connectivity index is 1.81. The summed E-state index contributed by atoms with van der Waals surface area (Å²) < 4.78 is 5.32. The molecule has 0 saturated carbocycles. The maximum Gasteiger partial charge on any atom is 0.329 e. The number of carboxylic acid groups (broad SMARTS) is 1. The second kappa shape index (κ2) is 6.58. The molecule has 1 aromatic rings. The number of aliphatic carboxylic acids is 1. The van der Waals surface area contributed by atoms with Crippen LogP contribution in [-0.4, -0.2) is 51.7 Å². The Kier molecular flexibility index (Phi) is 4.81. The summed E-state index contributed by atoms with van der Waals surface area (Å²) in [6.45, 7) is 3.69. The first-order valence-corrected chi connectivity index (χ1v) is 6.50. The van der Waals surface area contributed by atoms with Gasteiger partial charge in [-0.3, -0.25) is 14.9 Å². The van der Waals surface area contributed by atoms with Gasteiger partial charge in [0.15, 0.2) is 0 Å². The van der Waals surface area contributed by atoms with Crippen molar-refractivity contribution < 1.29 is 14.6 Å². The van der Waals surface area contributed by atoms with E-state index in [0.29, 0.717) is 0 Å². The Morgan fingerprint density at radius 3 is 2.84 bits per heavy atom. The normalized spacial score (nSPS) is 19.2. The molecular weight excluding hydrogens is 246 g/mol. The van der Waals surface area contributed by atoms with Gasteiger partial charge in [0.1, 0.15) is 6.61 Å². The highest BCUT2D eigenvalue weighted by Crippen LogP contribution is 2.23. The van der Waals surface area contributed by atoms with Gasteiger partial charge >= 0.3 is 5.97 Å². The Hall–Kier alpha value is -1.53. The Morgan fingerprint density at radius 1 is 1.53 bits per heavy atom. The molecule has 1 aliphatic rings. The predicted molar refractivity (Wildman–Crippen MR) is 68.6 cm³/mol. The zero-order valence-electron chi connectivity index (χ0n) is 11.0. The topological polar surface area (TPSA) is 75.5 Å². The van der Waals surface area contributed by atoms with Gasteiger partial charge in [0.2, 0.25) is 0 Å². The van der Waals surface area contributed by atoms with Gasteiger partial charge in [-0.2, -0.15) is 0 Å². The molecule has 1 fully saturated rings. The molecule has 1 aromatic heterocycles. The highest BCUT2D eigenvalue weighted by Gasteiger charge is 2.24. The lowest BCUT2D eigenvalue weighted by atomic mass is 10.0. The molecular formula is C13H19N3O3.